The number of phenolic OH excluding ortho intramolecular Hbond substituents is 1. The van der Waals surface area contributed by atoms with Crippen LogP contribution in [0.2, 0.25) is 0 Å². The predicted octanol–water partition coefficient (Wildman–Crippen LogP) is 4.37. The van der Waals surface area contributed by atoms with Crippen LogP contribution < -0.4 is 0 Å². The molecule has 0 atom stereocenters. The molecule has 0 unspecified atom stereocenters. The van der Waals surface area contributed by atoms with Crippen LogP contribution >= 0.6 is 0 Å². The summed E-state index contributed by atoms with van der Waals surface area (Å²) in [4.78, 5) is 7.84. The van der Waals surface area contributed by atoms with Gasteiger partial charge in [0, 0.05) is 0 Å². The first-order chi connectivity index (χ1) is 9.56. The van der Waals surface area contributed by atoms with Gasteiger partial charge in [-0.3, -0.25) is 0 Å². The average molecular weight is 266 g/mol. The molecule has 3 rings (SSSR count). The first-order valence-electron chi connectivity index (χ1n) is 6.85. The molecule has 0 spiro atoms. The molecule has 0 radical (unpaired) electrons. The number of fused-ring (bicyclic) bond motifs is 1. The van der Waals surface area contributed by atoms with E-state index in [4.69, 9.17) is 0 Å². The van der Waals surface area contributed by atoms with Gasteiger partial charge in [-0.2, -0.15) is 0 Å². The Balaban J connectivity index is 2.22. The molecule has 2 aromatic carbocycles. The minimum Gasteiger partial charge on any atom is -0.507 e. The highest BCUT2D eigenvalue weighted by Crippen LogP contribution is 2.34. The SMILES string of the molecule is Cc1cc(C(C)C)cc(-c2nc3ccccc3[nH]2)c1O. The lowest BCUT2D eigenvalue weighted by molar-refractivity contribution is 0.472. The molecular weight excluding hydrogens is 248 g/mol. The molecule has 1 aromatic heterocycles. The fourth-order valence-electron chi connectivity index (χ4n) is 2.40. The summed E-state index contributed by atoms with van der Waals surface area (Å²) in [6, 6.07) is 11.9. The highest BCUT2D eigenvalue weighted by atomic mass is 16.3. The summed E-state index contributed by atoms with van der Waals surface area (Å²) in [5.41, 5.74) is 4.75. The van der Waals surface area contributed by atoms with Crippen molar-refractivity contribution in [2.45, 2.75) is 26.7 Å². The van der Waals surface area contributed by atoms with Gasteiger partial charge in [0.15, 0.2) is 0 Å². The third kappa shape index (κ3) is 2.05. The van der Waals surface area contributed by atoms with E-state index in [2.05, 4.69) is 23.8 Å². The zero-order valence-electron chi connectivity index (χ0n) is 11.9. The van der Waals surface area contributed by atoms with E-state index < -0.39 is 0 Å². The smallest absolute Gasteiger partial charge is 0.142 e. The molecule has 3 aromatic rings. The number of H-pyrrole nitrogens is 1. The van der Waals surface area contributed by atoms with Gasteiger partial charge < -0.3 is 10.1 Å². The van der Waals surface area contributed by atoms with Gasteiger partial charge in [-0.05, 0) is 42.2 Å². The first-order valence-corrected chi connectivity index (χ1v) is 6.85. The molecule has 0 saturated carbocycles. The standard InChI is InChI=1S/C17H18N2O/c1-10(2)12-8-11(3)16(20)13(9-12)17-18-14-6-4-5-7-15(14)19-17/h4-10,20H,1-3H3,(H,18,19). The fourth-order valence-corrected chi connectivity index (χ4v) is 2.40. The number of hydrogen-bond donors (Lipinski definition) is 2. The summed E-state index contributed by atoms with van der Waals surface area (Å²) in [7, 11) is 0. The van der Waals surface area contributed by atoms with Crippen molar-refractivity contribution in [3.05, 3.63) is 47.5 Å². The van der Waals surface area contributed by atoms with Gasteiger partial charge in [-0.25, -0.2) is 4.98 Å². The number of aromatic hydroxyl groups is 1. The molecule has 0 amide bonds. The van der Waals surface area contributed by atoms with Crippen LogP contribution in [0.1, 0.15) is 30.9 Å². The van der Waals surface area contributed by atoms with Crippen molar-refractivity contribution in [1.82, 2.24) is 9.97 Å². The normalized spacial score (nSPS) is 11.4. The maximum absolute atomic E-state index is 10.3. The van der Waals surface area contributed by atoms with E-state index in [-0.39, 0.29) is 0 Å². The Labute approximate surface area is 118 Å². The Morgan fingerprint density at radius 1 is 1.15 bits per heavy atom. The van der Waals surface area contributed by atoms with Gasteiger partial charge in [-0.15, -0.1) is 0 Å². The molecule has 3 heteroatoms. The van der Waals surface area contributed by atoms with Gasteiger partial charge in [0.05, 0.1) is 16.6 Å². The number of benzene rings is 2. The summed E-state index contributed by atoms with van der Waals surface area (Å²) in [6.45, 7) is 6.22. The van der Waals surface area contributed by atoms with Crippen molar-refractivity contribution in [3.63, 3.8) is 0 Å². The number of phenols is 1. The molecule has 0 bridgehead atoms. The number of nitrogens with one attached hydrogen (secondary N) is 1. The molecule has 0 aliphatic heterocycles. The second kappa shape index (κ2) is 4.67. The number of imidazole rings is 1. The van der Waals surface area contributed by atoms with E-state index in [0.29, 0.717) is 17.5 Å². The van der Waals surface area contributed by atoms with Crippen molar-refractivity contribution >= 4 is 11.0 Å². The average Bonchev–Trinajstić information content (AvgIpc) is 2.84. The summed E-state index contributed by atoms with van der Waals surface area (Å²) < 4.78 is 0. The van der Waals surface area contributed by atoms with Crippen molar-refractivity contribution in [2.24, 2.45) is 0 Å². The molecule has 3 nitrogen and oxygen atoms in total. The fraction of sp³-hybridized carbons (Fsp3) is 0.235. The number of aromatic amines is 1. The molecule has 0 aliphatic carbocycles. The van der Waals surface area contributed by atoms with E-state index in [1.807, 2.05) is 43.3 Å². The van der Waals surface area contributed by atoms with Gasteiger partial charge in [0.25, 0.3) is 0 Å². The molecule has 0 aliphatic rings. The van der Waals surface area contributed by atoms with Crippen LogP contribution in [0.15, 0.2) is 36.4 Å². The number of hydrogen-bond acceptors (Lipinski definition) is 2. The molecule has 2 N–H and O–H groups in total. The topological polar surface area (TPSA) is 48.9 Å². The van der Waals surface area contributed by atoms with Crippen LogP contribution in [0.3, 0.4) is 0 Å². The van der Waals surface area contributed by atoms with E-state index in [1.165, 1.54) is 5.56 Å². The Hall–Kier alpha value is -2.29. The third-order valence-corrected chi connectivity index (χ3v) is 3.63. The monoisotopic (exact) mass is 266 g/mol. The maximum atomic E-state index is 10.3. The minimum absolute atomic E-state index is 0.299. The molecule has 102 valence electrons. The van der Waals surface area contributed by atoms with Crippen molar-refractivity contribution in [1.29, 1.82) is 0 Å². The molecule has 20 heavy (non-hydrogen) atoms. The summed E-state index contributed by atoms with van der Waals surface area (Å²) in [6.07, 6.45) is 0. The highest BCUT2D eigenvalue weighted by Gasteiger charge is 2.14. The van der Waals surface area contributed by atoms with E-state index in [1.54, 1.807) is 0 Å². The first kappa shape index (κ1) is 12.7. The van der Waals surface area contributed by atoms with Gasteiger partial charge in [0.1, 0.15) is 11.6 Å². The van der Waals surface area contributed by atoms with Gasteiger partial charge in [-0.1, -0.05) is 32.0 Å². The number of nitrogens with zero attached hydrogens (tertiary/aromatic N) is 1. The largest absolute Gasteiger partial charge is 0.507 e. The van der Waals surface area contributed by atoms with Gasteiger partial charge >= 0.3 is 0 Å². The quantitative estimate of drug-likeness (QED) is 0.723. The Bertz CT molecular complexity index is 739. The van der Waals surface area contributed by atoms with E-state index >= 15 is 0 Å². The molecular formula is C17H18N2O. The molecule has 0 fully saturated rings. The number of aryl methyl sites for hydroxylation is 1. The Morgan fingerprint density at radius 2 is 1.90 bits per heavy atom. The van der Waals surface area contributed by atoms with Crippen LogP contribution in [-0.2, 0) is 0 Å². The minimum atomic E-state index is 0.299. The van der Waals surface area contributed by atoms with Crippen LogP contribution in [-0.4, -0.2) is 15.1 Å². The second-order valence-corrected chi connectivity index (χ2v) is 5.49. The van der Waals surface area contributed by atoms with Crippen LogP contribution in [0.25, 0.3) is 22.4 Å². The Kier molecular flexibility index (Phi) is 2.97. The summed E-state index contributed by atoms with van der Waals surface area (Å²) in [5.74, 6) is 1.43. The molecule has 1 heterocycles. The zero-order valence-corrected chi connectivity index (χ0v) is 11.9. The number of aromatic nitrogens is 2. The highest BCUT2D eigenvalue weighted by molar-refractivity contribution is 5.81. The van der Waals surface area contributed by atoms with Crippen LogP contribution in [0, 0.1) is 6.92 Å². The summed E-state index contributed by atoms with van der Waals surface area (Å²) in [5, 5.41) is 10.3. The van der Waals surface area contributed by atoms with Crippen LogP contribution in [0.4, 0.5) is 0 Å². The third-order valence-electron chi connectivity index (χ3n) is 3.63. The lowest BCUT2D eigenvalue weighted by Gasteiger charge is -2.11. The molecule has 0 saturated heterocycles. The lowest BCUT2D eigenvalue weighted by atomic mass is 9.97. The maximum Gasteiger partial charge on any atom is 0.142 e. The van der Waals surface area contributed by atoms with Crippen molar-refractivity contribution < 1.29 is 5.11 Å². The summed E-state index contributed by atoms with van der Waals surface area (Å²) >= 11 is 0. The van der Waals surface area contributed by atoms with Crippen molar-refractivity contribution in [2.75, 3.05) is 0 Å². The van der Waals surface area contributed by atoms with Gasteiger partial charge in [0.2, 0.25) is 0 Å². The second-order valence-electron chi connectivity index (χ2n) is 5.49. The van der Waals surface area contributed by atoms with Crippen molar-refractivity contribution in [3.8, 4) is 17.1 Å². The van der Waals surface area contributed by atoms with Crippen LogP contribution in [0.5, 0.6) is 5.75 Å². The lowest BCUT2D eigenvalue weighted by Crippen LogP contribution is -1.92. The predicted molar refractivity (Wildman–Crippen MR) is 82.0 cm³/mol. The Morgan fingerprint density at radius 3 is 2.60 bits per heavy atom. The number of para-hydroxylation sites is 2. The zero-order chi connectivity index (χ0) is 14.3. The van der Waals surface area contributed by atoms with E-state index in [9.17, 15) is 5.11 Å². The number of rotatable bonds is 2. The van der Waals surface area contributed by atoms with E-state index in [0.717, 1.165) is 22.2 Å².